The maximum atomic E-state index is 12.2. The Bertz CT molecular complexity index is 922. The normalized spacial score (nSPS) is 10.6. The lowest BCUT2D eigenvalue weighted by Gasteiger charge is -2.10. The van der Waals surface area contributed by atoms with Crippen LogP contribution in [0, 0.1) is 0 Å². The predicted molar refractivity (Wildman–Crippen MR) is 91.5 cm³/mol. The molecule has 1 aromatic carbocycles. The van der Waals surface area contributed by atoms with Crippen molar-refractivity contribution in [2.24, 2.45) is 0 Å². The van der Waals surface area contributed by atoms with E-state index in [0.717, 1.165) is 30.3 Å². The van der Waals surface area contributed by atoms with Crippen molar-refractivity contribution < 1.29 is 39.7 Å². The van der Waals surface area contributed by atoms with Crippen LogP contribution in [0.1, 0.15) is 20.7 Å². The average Bonchev–Trinajstić information content (AvgIpc) is 3.11. The van der Waals surface area contributed by atoms with Crippen LogP contribution in [0.3, 0.4) is 0 Å². The molecule has 0 saturated carbocycles. The van der Waals surface area contributed by atoms with E-state index < -0.39 is 35.5 Å². The van der Waals surface area contributed by atoms with Gasteiger partial charge in [0.1, 0.15) is 0 Å². The van der Waals surface area contributed by atoms with Crippen LogP contribution in [0.15, 0.2) is 46.9 Å². The van der Waals surface area contributed by atoms with Gasteiger partial charge in [0.05, 0.1) is 11.1 Å². The second kappa shape index (κ2) is 6.96. The van der Waals surface area contributed by atoms with Gasteiger partial charge in [0, 0.05) is 28.7 Å². The fraction of sp³-hybridized carbons (Fsp3) is 0. The molecule has 0 atom stereocenters. The van der Waals surface area contributed by atoms with E-state index in [1.165, 1.54) is 12.1 Å². The quantitative estimate of drug-likeness (QED) is 0.478. The molecule has 140 valence electrons. The molecular formula is C16H11BrN2O8. The Hall–Kier alpha value is -3.60. The minimum absolute atomic E-state index is 0.107. The smallest absolute Gasteiger partial charge is 0.364 e. The highest BCUT2D eigenvalue weighted by Gasteiger charge is 2.19. The van der Waals surface area contributed by atoms with Gasteiger partial charge in [-0.3, -0.25) is 0 Å². The van der Waals surface area contributed by atoms with Crippen molar-refractivity contribution in [2.75, 3.05) is 0 Å². The van der Waals surface area contributed by atoms with Crippen LogP contribution < -0.4 is 9.68 Å². The van der Waals surface area contributed by atoms with Crippen LogP contribution in [0.25, 0.3) is 0 Å². The Balaban J connectivity index is 1.85. The average molecular weight is 439 g/mol. The molecule has 0 aliphatic rings. The summed E-state index contributed by atoms with van der Waals surface area (Å²) in [7, 11) is 0. The van der Waals surface area contributed by atoms with Crippen molar-refractivity contribution in [2.45, 2.75) is 0 Å². The summed E-state index contributed by atoms with van der Waals surface area (Å²) in [5, 5.41) is 38.0. The Kier molecular flexibility index (Phi) is 4.69. The van der Waals surface area contributed by atoms with E-state index in [1.54, 1.807) is 0 Å². The molecule has 2 heterocycles. The Labute approximate surface area is 159 Å². The van der Waals surface area contributed by atoms with Crippen molar-refractivity contribution in [1.82, 2.24) is 9.46 Å². The number of carbonyl (C=O) groups excluding carboxylic acids is 2. The standard InChI is InChI=1S/C16H11BrN2O8/c17-10-6-8(15(24)26-18-11(20)1-2-12(18)21)5-9(7-10)16(25)27-19-13(22)3-4-14(19)23/h1-7,20-23H. The van der Waals surface area contributed by atoms with Crippen molar-refractivity contribution >= 4 is 27.9 Å². The van der Waals surface area contributed by atoms with Crippen LogP contribution in [0.4, 0.5) is 0 Å². The Morgan fingerprint density at radius 1 is 0.704 bits per heavy atom. The van der Waals surface area contributed by atoms with Gasteiger partial charge in [-0.1, -0.05) is 15.9 Å². The first-order valence-corrected chi connectivity index (χ1v) is 8.01. The lowest BCUT2D eigenvalue weighted by molar-refractivity contribution is 0.0376. The first kappa shape index (κ1) is 18.2. The Morgan fingerprint density at radius 3 is 1.37 bits per heavy atom. The fourth-order valence-electron chi connectivity index (χ4n) is 2.09. The lowest BCUT2D eigenvalue weighted by atomic mass is 10.1. The van der Waals surface area contributed by atoms with E-state index >= 15 is 0 Å². The number of aromatic nitrogens is 2. The molecule has 11 heteroatoms. The van der Waals surface area contributed by atoms with Gasteiger partial charge >= 0.3 is 11.9 Å². The summed E-state index contributed by atoms with van der Waals surface area (Å²) in [6.07, 6.45) is 0. The van der Waals surface area contributed by atoms with Gasteiger partial charge in [-0.25, -0.2) is 9.59 Å². The fourth-order valence-corrected chi connectivity index (χ4v) is 2.58. The highest BCUT2D eigenvalue weighted by molar-refractivity contribution is 9.10. The first-order chi connectivity index (χ1) is 12.8. The number of aromatic hydroxyl groups is 4. The van der Waals surface area contributed by atoms with Gasteiger partial charge in [-0.05, 0) is 18.2 Å². The highest BCUT2D eigenvalue weighted by atomic mass is 79.9. The van der Waals surface area contributed by atoms with Crippen LogP contribution in [0.5, 0.6) is 23.5 Å². The van der Waals surface area contributed by atoms with Gasteiger partial charge in [-0.15, -0.1) is 9.46 Å². The third-order valence-electron chi connectivity index (χ3n) is 3.31. The molecule has 4 N–H and O–H groups in total. The summed E-state index contributed by atoms with van der Waals surface area (Å²) in [4.78, 5) is 34.2. The maximum Gasteiger partial charge on any atom is 0.364 e. The minimum Gasteiger partial charge on any atom is -0.492 e. The third kappa shape index (κ3) is 3.67. The van der Waals surface area contributed by atoms with Crippen molar-refractivity contribution in [3.63, 3.8) is 0 Å². The molecule has 0 fully saturated rings. The zero-order chi connectivity index (χ0) is 19.7. The molecule has 0 bridgehead atoms. The lowest BCUT2D eigenvalue weighted by Crippen LogP contribution is -2.22. The molecule has 0 radical (unpaired) electrons. The summed E-state index contributed by atoms with van der Waals surface area (Å²) >= 11 is 3.14. The van der Waals surface area contributed by atoms with Crippen LogP contribution in [0.2, 0.25) is 0 Å². The summed E-state index contributed by atoms with van der Waals surface area (Å²) < 4.78 is 1.32. The molecule has 0 saturated heterocycles. The highest BCUT2D eigenvalue weighted by Crippen LogP contribution is 2.22. The van der Waals surface area contributed by atoms with E-state index in [-0.39, 0.29) is 11.1 Å². The summed E-state index contributed by atoms with van der Waals surface area (Å²) in [6.45, 7) is 0. The van der Waals surface area contributed by atoms with Crippen LogP contribution in [-0.4, -0.2) is 41.8 Å². The molecule has 0 unspecified atom stereocenters. The molecule has 3 aromatic rings. The molecule has 10 nitrogen and oxygen atoms in total. The van der Waals surface area contributed by atoms with E-state index in [4.69, 9.17) is 9.68 Å². The van der Waals surface area contributed by atoms with Crippen LogP contribution >= 0.6 is 15.9 Å². The number of hydrogen-bond acceptors (Lipinski definition) is 8. The second-order valence-corrected chi connectivity index (χ2v) is 6.09. The molecule has 2 aromatic heterocycles. The monoisotopic (exact) mass is 438 g/mol. The molecule has 0 aliphatic heterocycles. The van der Waals surface area contributed by atoms with E-state index in [2.05, 4.69) is 15.9 Å². The number of rotatable bonds is 4. The molecule has 0 aliphatic carbocycles. The van der Waals surface area contributed by atoms with Crippen LogP contribution in [-0.2, 0) is 0 Å². The minimum atomic E-state index is -0.987. The first-order valence-electron chi connectivity index (χ1n) is 7.21. The number of carbonyl (C=O) groups is 2. The van der Waals surface area contributed by atoms with E-state index in [0.29, 0.717) is 13.9 Å². The summed E-state index contributed by atoms with van der Waals surface area (Å²) in [5.41, 5.74) is -0.213. The second-order valence-electron chi connectivity index (χ2n) is 5.17. The predicted octanol–water partition coefficient (Wildman–Crippen LogP) is 1.41. The molecular weight excluding hydrogens is 428 g/mol. The van der Waals surface area contributed by atoms with Crippen molar-refractivity contribution in [3.8, 4) is 23.5 Å². The largest absolute Gasteiger partial charge is 0.492 e. The van der Waals surface area contributed by atoms with Gasteiger partial charge < -0.3 is 30.1 Å². The van der Waals surface area contributed by atoms with E-state index in [9.17, 15) is 30.0 Å². The van der Waals surface area contributed by atoms with Gasteiger partial charge in [0.2, 0.25) is 23.5 Å². The van der Waals surface area contributed by atoms with E-state index in [1.807, 2.05) is 0 Å². The maximum absolute atomic E-state index is 12.2. The molecule has 27 heavy (non-hydrogen) atoms. The zero-order valence-corrected chi connectivity index (χ0v) is 14.8. The number of nitrogens with zero attached hydrogens (tertiary/aromatic N) is 2. The number of halogens is 1. The number of benzene rings is 1. The van der Waals surface area contributed by atoms with Gasteiger partial charge in [0.15, 0.2) is 0 Å². The summed E-state index contributed by atoms with van der Waals surface area (Å²) in [5.74, 6) is -4.00. The summed E-state index contributed by atoms with van der Waals surface area (Å²) in [6, 6.07) is 8.25. The van der Waals surface area contributed by atoms with Gasteiger partial charge in [-0.2, -0.15) is 0 Å². The number of hydrogen-bond donors (Lipinski definition) is 4. The topological polar surface area (TPSA) is 143 Å². The SMILES string of the molecule is O=C(On1c(O)ccc1O)c1cc(Br)cc(C(=O)On2c(O)ccc2O)c1. The zero-order valence-electron chi connectivity index (χ0n) is 13.2. The molecule has 3 rings (SSSR count). The Morgan fingerprint density at radius 2 is 1.04 bits per heavy atom. The van der Waals surface area contributed by atoms with Crippen molar-refractivity contribution in [3.05, 3.63) is 58.1 Å². The van der Waals surface area contributed by atoms with Crippen molar-refractivity contribution in [1.29, 1.82) is 0 Å². The molecule has 0 amide bonds. The third-order valence-corrected chi connectivity index (χ3v) is 3.77. The van der Waals surface area contributed by atoms with Gasteiger partial charge in [0.25, 0.3) is 0 Å². The molecule has 0 spiro atoms.